The molecule has 3 fully saturated rings. The summed E-state index contributed by atoms with van der Waals surface area (Å²) in [6.07, 6.45) is 7.37. The molecule has 0 unspecified atom stereocenters. The van der Waals surface area contributed by atoms with Crippen LogP contribution in [0.1, 0.15) is 36.0 Å². The van der Waals surface area contributed by atoms with E-state index in [9.17, 15) is 4.79 Å². The molecule has 0 bridgehead atoms. The molecule has 5 rings (SSSR count). The van der Waals surface area contributed by atoms with Gasteiger partial charge in [0.05, 0.1) is 5.56 Å². The number of pyridine rings is 1. The molecule has 2 aliphatic carbocycles. The number of anilines is 1. The topological polar surface area (TPSA) is 40.0 Å². The second kappa shape index (κ2) is 6.62. The molecule has 0 atom stereocenters. The van der Waals surface area contributed by atoms with E-state index in [1.165, 1.54) is 38.0 Å². The van der Waals surface area contributed by atoms with Crippen LogP contribution in [0, 0.1) is 11.8 Å². The average molecular weight is 352 g/mol. The van der Waals surface area contributed by atoms with Crippen LogP contribution in [0.2, 0.25) is 0 Å². The molecule has 1 aliphatic heterocycles. The summed E-state index contributed by atoms with van der Waals surface area (Å²) in [7, 11) is 0. The lowest BCUT2D eigenvalue weighted by Gasteiger charge is -2.35. The smallest absolute Gasteiger partial charge is 0.252 e. The molecule has 2 saturated carbocycles. The van der Waals surface area contributed by atoms with Crippen molar-refractivity contribution in [3.8, 4) is 0 Å². The van der Waals surface area contributed by atoms with Crippen LogP contribution < -0.4 is 10.2 Å². The largest absolute Gasteiger partial charge is 0.355 e. The van der Waals surface area contributed by atoms with Gasteiger partial charge in [-0.15, -0.1) is 0 Å². The van der Waals surface area contributed by atoms with Gasteiger partial charge in [-0.05, 0) is 61.8 Å². The number of hydrogen-bond donors (Lipinski definition) is 1. The van der Waals surface area contributed by atoms with Crippen molar-refractivity contribution in [3.63, 3.8) is 0 Å². The average Bonchev–Trinajstić information content (AvgIpc) is 3.59. The third kappa shape index (κ3) is 3.45. The molecule has 0 aromatic carbocycles. The zero-order chi connectivity index (χ0) is 17.5. The number of aromatic nitrogens is 1. The quantitative estimate of drug-likeness (QED) is 0.869. The molecule has 1 saturated heterocycles. The van der Waals surface area contributed by atoms with E-state index >= 15 is 0 Å². The lowest BCUT2D eigenvalue weighted by atomic mass is 10.2. The van der Waals surface area contributed by atoms with E-state index in [4.69, 9.17) is 0 Å². The number of nitrogens with one attached hydrogen (secondary N) is 1. The summed E-state index contributed by atoms with van der Waals surface area (Å²) in [6.45, 7) is 6.52. The van der Waals surface area contributed by atoms with Gasteiger partial charge in [-0.1, -0.05) is 0 Å². The molecule has 5 heteroatoms. The number of carbonyl (C=O) groups is 1. The fourth-order valence-electron chi connectivity index (χ4n) is 3.96. The minimum absolute atomic E-state index is 0.0488. The first kappa shape index (κ1) is 16.2. The molecule has 1 N–H and O–H groups in total. The Morgan fingerprint density at radius 2 is 1.69 bits per heavy atom. The van der Waals surface area contributed by atoms with E-state index in [1.54, 1.807) is 0 Å². The second-order valence-electron chi connectivity index (χ2n) is 8.29. The van der Waals surface area contributed by atoms with E-state index in [0.717, 1.165) is 49.7 Å². The van der Waals surface area contributed by atoms with Crippen molar-refractivity contribution in [2.45, 2.75) is 25.7 Å². The van der Waals surface area contributed by atoms with Crippen LogP contribution in [0.5, 0.6) is 0 Å². The van der Waals surface area contributed by atoms with Crippen molar-refractivity contribution < 1.29 is 4.79 Å². The van der Waals surface area contributed by atoms with Gasteiger partial charge in [0.1, 0.15) is 5.82 Å². The monoisotopic (exact) mass is 352 g/mol. The van der Waals surface area contributed by atoms with Crippen molar-refractivity contribution in [3.05, 3.63) is 36.0 Å². The van der Waals surface area contributed by atoms with Gasteiger partial charge in [-0.3, -0.25) is 9.69 Å². The molecule has 3 heterocycles. The fraction of sp³-hybridized carbons (Fsp3) is 0.571. The van der Waals surface area contributed by atoms with E-state index in [1.807, 2.05) is 12.3 Å². The second-order valence-corrected chi connectivity index (χ2v) is 8.29. The summed E-state index contributed by atoms with van der Waals surface area (Å²) in [5.41, 5.74) is 1.90. The Morgan fingerprint density at radius 3 is 2.42 bits per heavy atom. The standard InChI is InChI=1S/C21H28N4O/c26-21(22-13-16-1-2-16)18-5-6-19-7-8-20(25(19)15-18)24-11-9-23(10-12-24)14-17-3-4-17/h5-8,15-17H,1-4,9-14H2,(H,22,26). The molecule has 26 heavy (non-hydrogen) atoms. The van der Waals surface area contributed by atoms with Gasteiger partial charge < -0.3 is 14.6 Å². The number of rotatable bonds is 6. The maximum atomic E-state index is 12.4. The Hall–Kier alpha value is -2.01. The van der Waals surface area contributed by atoms with Crippen LogP contribution in [-0.4, -0.2) is 54.5 Å². The minimum Gasteiger partial charge on any atom is -0.355 e. The van der Waals surface area contributed by atoms with Gasteiger partial charge in [0.2, 0.25) is 0 Å². The van der Waals surface area contributed by atoms with Crippen molar-refractivity contribution in [1.29, 1.82) is 0 Å². The van der Waals surface area contributed by atoms with Crippen molar-refractivity contribution >= 4 is 17.2 Å². The molecule has 2 aromatic rings. The maximum absolute atomic E-state index is 12.4. The molecule has 0 spiro atoms. The third-order valence-electron chi connectivity index (χ3n) is 6.05. The number of fused-ring (bicyclic) bond motifs is 1. The number of hydrogen-bond acceptors (Lipinski definition) is 3. The van der Waals surface area contributed by atoms with Gasteiger partial charge in [-0.2, -0.15) is 0 Å². The van der Waals surface area contributed by atoms with Gasteiger partial charge in [0, 0.05) is 51.0 Å². The van der Waals surface area contributed by atoms with Crippen LogP contribution in [-0.2, 0) is 0 Å². The highest BCUT2D eigenvalue weighted by atomic mass is 16.1. The summed E-state index contributed by atoms with van der Waals surface area (Å²) >= 11 is 0. The highest BCUT2D eigenvalue weighted by Crippen LogP contribution is 2.30. The van der Waals surface area contributed by atoms with Crippen molar-refractivity contribution in [1.82, 2.24) is 14.6 Å². The molecular formula is C21H28N4O. The van der Waals surface area contributed by atoms with E-state index in [2.05, 4.69) is 37.7 Å². The summed E-state index contributed by atoms with van der Waals surface area (Å²) in [5, 5.41) is 3.07. The van der Waals surface area contributed by atoms with Crippen molar-refractivity contribution in [2.24, 2.45) is 11.8 Å². The Morgan fingerprint density at radius 1 is 0.962 bits per heavy atom. The van der Waals surface area contributed by atoms with E-state index in [0.29, 0.717) is 5.92 Å². The van der Waals surface area contributed by atoms with Gasteiger partial charge >= 0.3 is 0 Å². The number of piperazine rings is 1. The number of nitrogens with zero attached hydrogens (tertiary/aromatic N) is 3. The Labute approximate surface area is 155 Å². The predicted molar refractivity (Wildman–Crippen MR) is 104 cm³/mol. The van der Waals surface area contributed by atoms with Crippen LogP contribution in [0.4, 0.5) is 5.82 Å². The molecule has 1 amide bonds. The van der Waals surface area contributed by atoms with Gasteiger partial charge in [0.15, 0.2) is 0 Å². The van der Waals surface area contributed by atoms with E-state index in [-0.39, 0.29) is 5.91 Å². The predicted octanol–water partition coefficient (Wildman–Crippen LogP) is 2.61. The molecule has 138 valence electrons. The summed E-state index contributed by atoms with van der Waals surface area (Å²) in [5.74, 6) is 2.93. The highest BCUT2D eigenvalue weighted by molar-refractivity contribution is 5.94. The number of carbonyl (C=O) groups excluding carboxylic acids is 1. The lowest BCUT2D eigenvalue weighted by Crippen LogP contribution is -2.47. The van der Waals surface area contributed by atoms with Crippen molar-refractivity contribution in [2.75, 3.05) is 44.2 Å². The summed E-state index contributed by atoms with van der Waals surface area (Å²) < 4.78 is 2.18. The SMILES string of the molecule is O=C(NCC1CC1)c1ccc2ccc(N3CCN(CC4CC4)CC3)n2c1. The van der Waals surface area contributed by atoms with E-state index < -0.39 is 0 Å². The van der Waals surface area contributed by atoms with Crippen LogP contribution in [0.25, 0.3) is 5.52 Å². The first-order valence-corrected chi connectivity index (χ1v) is 10.1. The molecule has 0 radical (unpaired) electrons. The fourth-order valence-corrected chi connectivity index (χ4v) is 3.96. The minimum atomic E-state index is 0.0488. The number of amides is 1. The zero-order valence-electron chi connectivity index (χ0n) is 15.4. The Balaban J connectivity index is 1.29. The Bertz CT molecular complexity index is 797. The van der Waals surface area contributed by atoms with Crippen LogP contribution in [0.15, 0.2) is 30.5 Å². The molecule has 2 aromatic heterocycles. The van der Waals surface area contributed by atoms with Crippen LogP contribution in [0.3, 0.4) is 0 Å². The molecular weight excluding hydrogens is 324 g/mol. The first-order chi connectivity index (χ1) is 12.8. The van der Waals surface area contributed by atoms with Gasteiger partial charge in [-0.25, -0.2) is 0 Å². The maximum Gasteiger partial charge on any atom is 0.252 e. The first-order valence-electron chi connectivity index (χ1n) is 10.1. The van der Waals surface area contributed by atoms with Crippen LogP contribution >= 0.6 is 0 Å². The Kier molecular flexibility index (Phi) is 4.12. The molecule has 3 aliphatic rings. The van der Waals surface area contributed by atoms with Gasteiger partial charge in [0.25, 0.3) is 5.91 Å². The summed E-state index contributed by atoms with van der Waals surface area (Å²) in [4.78, 5) is 17.5. The normalized spacial score (nSPS) is 21.3. The lowest BCUT2D eigenvalue weighted by molar-refractivity contribution is 0.0951. The summed E-state index contributed by atoms with van der Waals surface area (Å²) in [6, 6.07) is 8.34. The molecule has 5 nitrogen and oxygen atoms in total. The highest BCUT2D eigenvalue weighted by Gasteiger charge is 2.27. The zero-order valence-corrected chi connectivity index (χ0v) is 15.4. The third-order valence-corrected chi connectivity index (χ3v) is 6.05.